The lowest BCUT2D eigenvalue weighted by atomic mass is 9.82. The summed E-state index contributed by atoms with van der Waals surface area (Å²) in [5, 5.41) is 18.6. The molecule has 0 amide bonds. The number of hydrogen-bond donors (Lipinski definition) is 2. The molecular weight excluding hydrogens is 260 g/mol. The zero-order chi connectivity index (χ0) is 14.5. The summed E-state index contributed by atoms with van der Waals surface area (Å²) < 4.78 is 5.59. The van der Waals surface area contributed by atoms with Gasteiger partial charge in [-0.2, -0.15) is 0 Å². The summed E-state index contributed by atoms with van der Waals surface area (Å²) in [7, 11) is 0. The third kappa shape index (κ3) is 3.29. The summed E-state index contributed by atoms with van der Waals surface area (Å²) in [6, 6.07) is 4.66. The molecule has 1 aliphatic carbocycles. The lowest BCUT2D eigenvalue weighted by Crippen LogP contribution is -2.26. The fourth-order valence-electron chi connectivity index (χ4n) is 2.65. The number of aliphatic carboxylic acids is 1. The van der Waals surface area contributed by atoms with Crippen molar-refractivity contribution in [3.8, 4) is 11.5 Å². The Labute approximate surface area is 117 Å². The molecule has 20 heavy (non-hydrogen) atoms. The molecule has 1 aromatic rings. The first-order valence-corrected chi connectivity index (χ1v) is 6.74. The molecule has 1 aromatic carbocycles. The van der Waals surface area contributed by atoms with E-state index in [2.05, 4.69) is 0 Å². The zero-order valence-electron chi connectivity index (χ0n) is 11.1. The van der Waals surface area contributed by atoms with Crippen LogP contribution in [0, 0.1) is 11.8 Å². The maximum absolute atomic E-state index is 11.0. The predicted octanol–water partition coefficient (Wildman–Crippen LogP) is 2.47. The number of rotatable bonds is 5. The summed E-state index contributed by atoms with van der Waals surface area (Å²) in [4.78, 5) is 21.9. The Morgan fingerprint density at radius 2 is 2.20 bits per heavy atom. The van der Waals surface area contributed by atoms with Crippen molar-refractivity contribution in [3.63, 3.8) is 0 Å². The van der Waals surface area contributed by atoms with Gasteiger partial charge < -0.3 is 14.9 Å². The van der Waals surface area contributed by atoms with E-state index < -0.39 is 5.97 Å². The molecule has 5 nitrogen and oxygen atoms in total. The number of hydrogen-bond acceptors (Lipinski definition) is 4. The highest BCUT2D eigenvalue weighted by atomic mass is 16.5. The molecule has 0 saturated heterocycles. The summed E-state index contributed by atoms with van der Waals surface area (Å²) in [5.41, 5.74) is 0.137. The highest BCUT2D eigenvalue weighted by Gasteiger charge is 2.27. The summed E-state index contributed by atoms with van der Waals surface area (Å²) in [5.74, 6) is -0.638. The second kappa shape index (κ2) is 6.41. The van der Waals surface area contributed by atoms with Crippen LogP contribution in [0.5, 0.6) is 11.5 Å². The Bertz CT molecular complexity index is 497. The summed E-state index contributed by atoms with van der Waals surface area (Å²) in [6.45, 7) is 0.369. The normalized spacial score (nSPS) is 22.2. The Balaban J connectivity index is 1.97. The lowest BCUT2D eigenvalue weighted by Gasteiger charge is -2.26. The van der Waals surface area contributed by atoms with Crippen molar-refractivity contribution >= 4 is 12.3 Å². The number of carbonyl (C=O) groups excluding carboxylic acids is 1. The number of aldehydes is 1. The Kier molecular flexibility index (Phi) is 4.61. The van der Waals surface area contributed by atoms with Gasteiger partial charge in [0.1, 0.15) is 11.5 Å². The van der Waals surface area contributed by atoms with Crippen molar-refractivity contribution in [3.05, 3.63) is 23.8 Å². The van der Waals surface area contributed by atoms with Crippen LogP contribution >= 0.6 is 0 Å². The van der Waals surface area contributed by atoms with Crippen molar-refractivity contribution in [2.24, 2.45) is 11.8 Å². The topological polar surface area (TPSA) is 83.8 Å². The molecule has 2 N–H and O–H groups in total. The maximum Gasteiger partial charge on any atom is 0.306 e. The molecule has 0 spiro atoms. The Morgan fingerprint density at radius 3 is 2.90 bits per heavy atom. The molecule has 2 atom stereocenters. The second-order valence-corrected chi connectivity index (χ2v) is 5.19. The van der Waals surface area contributed by atoms with Crippen molar-refractivity contribution in [1.29, 1.82) is 0 Å². The van der Waals surface area contributed by atoms with Crippen LogP contribution in [0.1, 0.15) is 36.0 Å². The van der Waals surface area contributed by atoms with Gasteiger partial charge in [0.2, 0.25) is 0 Å². The molecule has 108 valence electrons. The number of carboxylic acids is 1. The smallest absolute Gasteiger partial charge is 0.306 e. The second-order valence-electron chi connectivity index (χ2n) is 5.19. The Morgan fingerprint density at radius 1 is 1.40 bits per heavy atom. The lowest BCUT2D eigenvalue weighted by molar-refractivity contribution is -0.143. The van der Waals surface area contributed by atoms with E-state index >= 15 is 0 Å². The van der Waals surface area contributed by atoms with Crippen LogP contribution in [-0.4, -0.2) is 29.1 Å². The number of phenols is 1. The number of carbonyl (C=O) groups is 2. The van der Waals surface area contributed by atoms with E-state index in [0.717, 1.165) is 19.3 Å². The summed E-state index contributed by atoms with van der Waals surface area (Å²) >= 11 is 0. The van der Waals surface area contributed by atoms with Crippen LogP contribution in [0.15, 0.2) is 18.2 Å². The van der Waals surface area contributed by atoms with E-state index in [1.54, 1.807) is 12.1 Å². The minimum Gasteiger partial charge on any atom is -0.507 e. The van der Waals surface area contributed by atoms with E-state index in [1.807, 2.05) is 0 Å². The standard InChI is InChI=1S/C15H18O5/c16-8-12-13(17)5-2-6-14(12)20-9-10-3-1-4-11(7-10)15(18)19/h2,5-6,8,10-11,17H,1,3-4,7,9H2,(H,18,19)/t10-,11?/m0/s1. The number of phenolic OH excluding ortho intramolecular Hbond substituents is 1. The van der Waals surface area contributed by atoms with Gasteiger partial charge in [-0.05, 0) is 37.3 Å². The van der Waals surface area contributed by atoms with Gasteiger partial charge in [-0.1, -0.05) is 12.5 Å². The molecule has 2 rings (SSSR count). The number of ether oxygens (including phenoxy) is 1. The first-order chi connectivity index (χ1) is 9.61. The zero-order valence-corrected chi connectivity index (χ0v) is 11.1. The van der Waals surface area contributed by atoms with Crippen LogP contribution < -0.4 is 4.74 Å². The highest BCUT2D eigenvalue weighted by Crippen LogP contribution is 2.31. The molecule has 1 aliphatic rings. The van der Waals surface area contributed by atoms with Gasteiger partial charge in [-0.15, -0.1) is 0 Å². The monoisotopic (exact) mass is 278 g/mol. The predicted molar refractivity (Wildman–Crippen MR) is 72.1 cm³/mol. The van der Waals surface area contributed by atoms with Gasteiger partial charge in [0.15, 0.2) is 6.29 Å². The largest absolute Gasteiger partial charge is 0.507 e. The van der Waals surface area contributed by atoms with E-state index in [-0.39, 0.29) is 23.1 Å². The molecule has 5 heteroatoms. The molecule has 0 radical (unpaired) electrons. The third-order valence-corrected chi connectivity index (χ3v) is 3.77. The van der Waals surface area contributed by atoms with Crippen LogP contribution in [0.4, 0.5) is 0 Å². The molecule has 1 fully saturated rings. The van der Waals surface area contributed by atoms with Gasteiger partial charge >= 0.3 is 5.97 Å². The van der Waals surface area contributed by atoms with Gasteiger partial charge in [-0.3, -0.25) is 9.59 Å². The quantitative estimate of drug-likeness (QED) is 0.808. The molecule has 0 aromatic heterocycles. The fraction of sp³-hybridized carbons (Fsp3) is 0.467. The molecule has 1 unspecified atom stereocenters. The third-order valence-electron chi connectivity index (χ3n) is 3.77. The van der Waals surface area contributed by atoms with Gasteiger partial charge in [0.25, 0.3) is 0 Å². The molecule has 0 aliphatic heterocycles. The van der Waals surface area contributed by atoms with Crippen LogP contribution in [0.3, 0.4) is 0 Å². The van der Waals surface area contributed by atoms with E-state index in [9.17, 15) is 14.7 Å². The van der Waals surface area contributed by atoms with E-state index in [4.69, 9.17) is 9.84 Å². The first kappa shape index (κ1) is 14.4. The first-order valence-electron chi connectivity index (χ1n) is 6.74. The van der Waals surface area contributed by atoms with Crippen molar-refractivity contribution in [1.82, 2.24) is 0 Å². The average molecular weight is 278 g/mol. The van der Waals surface area contributed by atoms with E-state index in [0.29, 0.717) is 25.1 Å². The number of benzene rings is 1. The van der Waals surface area contributed by atoms with Crippen LogP contribution in [0.2, 0.25) is 0 Å². The molecular formula is C15H18O5. The average Bonchev–Trinajstić information content (AvgIpc) is 2.45. The number of carboxylic acid groups (broad SMARTS) is 1. The number of aromatic hydroxyl groups is 1. The molecule has 0 heterocycles. The highest BCUT2D eigenvalue weighted by molar-refractivity contribution is 5.83. The van der Waals surface area contributed by atoms with Crippen LogP contribution in [0.25, 0.3) is 0 Å². The van der Waals surface area contributed by atoms with E-state index in [1.165, 1.54) is 6.07 Å². The maximum atomic E-state index is 11.0. The van der Waals surface area contributed by atoms with Crippen molar-refractivity contribution < 1.29 is 24.5 Å². The molecule has 0 bridgehead atoms. The van der Waals surface area contributed by atoms with Gasteiger partial charge in [0.05, 0.1) is 18.1 Å². The summed E-state index contributed by atoms with van der Waals surface area (Å²) in [6.07, 6.45) is 3.69. The van der Waals surface area contributed by atoms with Crippen LogP contribution in [-0.2, 0) is 4.79 Å². The minimum atomic E-state index is -0.749. The molecule has 1 saturated carbocycles. The van der Waals surface area contributed by atoms with Crippen molar-refractivity contribution in [2.75, 3.05) is 6.61 Å². The van der Waals surface area contributed by atoms with Gasteiger partial charge in [0, 0.05) is 0 Å². The Hall–Kier alpha value is -2.04. The fourth-order valence-corrected chi connectivity index (χ4v) is 2.65. The SMILES string of the molecule is O=Cc1c(O)cccc1OC[C@H]1CCCC(C(=O)O)C1. The minimum absolute atomic E-state index is 0.107. The van der Waals surface area contributed by atoms with Crippen molar-refractivity contribution in [2.45, 2.75) is 25.7 Å². The van der Waals surface area contributed by atoms with Gasteiger partial charge in [-0.25, -0.2) is 0 Å².